The summed E-state index contributed by atoms with van der Waals surface area (Å²) < 4.78 is 29.2. The van der Waals surface area contributed by atoms with Crippen LogP contribution in [0.2, 0.25) is 0 Å². The molecular weight excluding hydrogens is 432 g/mol. The number of carbonyl (C=O) groups is 1. The van der Waals surface area contributed by atoms with Crippen LogP contribution in [-0.2, 0) is 21.2 Å². The third-order valence-electron chi connectivity index (χ3n) is 5.58. The van der Waals surface area contributed by atoms with Crippen LogP contribution in [0.4, 0.5) is 5.69 Å². The summed E-state index contributed by atoms with van der Waals surface area (Å²) in [5, 5.41) is 4.68. The molecule has 4 rings (SSSR count). The summed E-state index contributed by atoms with van der Waals surface area (Å²) >= 11 is 0. The molecule has 0 bridgehead atoms. The maximum absolute atomic E-state index is 13.3. The van der Waals surface area contributed by atoms with Gasteiger partial charge in [-0.1, -0.05) is 72.8 Å². The quantitative estimate of drug-likeness (QED) is 0.410. The topological polar surface area (TPSA) is 75.3 Å². The van der Waals surface area contributed by atoms with Gasteiger partial charge < -0.3 is 5.32 Å². The molecule has 0 heterocycles. The van der Waals surface area contributed by atoms with E-state index >= 15 is 0 Å². The van der Waals surface area contributed by atoms with Crippen molar-refractivity contribution in [1.29, 1.82) is 0 Å². The maximum atomic E-state index is 13.3. The zero-order valence-corrected chi connectivity index (χ0v) is 19.4. The highest BCUT2D eigenvalue weighted by atomic mass is 32.2. The lowest BCUT2D eigenvalue weighted by atomic mass is 10.1. The van der Waals surface area contributed by atoms with Crippen molar-refractivity contribution in [3.63, 3.8) is 0 Å². The molecule has 0 aliphatic rings. The molecule has 2 N–H and O–H groups in total. The molecule has 1 atom stereocenters. The lowest BCUT2D eigenvalue weighted by Gasteiger charge is -2.20. The van der Waals surface area contributed by atoms with Crippen LogP contribution in [0, 0.1) is 13.8 Å². The number of sulfonamides is 1. The number of carbonyl (C=O) groups excluding carboxylic acids is 1. The molecule has 0 fully saturated rings. The van der Waals surface area contributed by atoms with Crippen molar-refractivity contribution in [3.8, 4) is 0 Å². The molecule has 0 radical (unpaired) electrons. The van der Waals surface area contributed by atoms with Crippen molar-refractivity contribution < 1.29 is 13.2 Å². The largest absolute Gasteiger partial charge is 0.324 e. The van der Waals surface area contributed by atoms with Crippen LogP contribution in [0.1, 0.15) is 16.7 Å². The second-order valence-corrected chi connectivity index (χ2v) is 9.89. The molecule has 4 aromatic carbocycles. The monoisotopic (exact) mass is 458 g/mol. The molecule has 33 heavy (non-hydrogen) atoms. The van der Waals surface area contributed by atoms with Gasteiger partial charge in [-0.05, 0) is 65.9 Å². The molecule has 4 aromatic rings. The van der Waals surface area contributed by atoms with Crippen LogP contribution in [-0.4, -0.2) is 20.4 Å². The van der Waals surface area contributed by atoms with Gasteiger partial charge in [0.15, 0.2) is 0 Å². The van der Waals surface area contributed by atoms with Gasteiger partial charge in [-0.2, -0.15) is 4.72 Å². The van der Waals surface area contributed by atoms with Crippen molar-refractivity contribution in [1.82, 2.24) is 4.72 Å². The van der Waals surface area contributed by atoms with Crippen molar-refractivity contribution in [2.24, 2.45) is 0 Å². The van der Waals surface area contributed by atoms with E-state index in [1.165, 1.54) is 0 Å². The fourth-order valence-corrected chi connectivity index (χ4v) is 4.95. The van der Waals surface area contributed by atoms with Gasteiger partial charge in [0.2, 0.25) is 15.9 Å². The molecule has 1 amide bonds. The van der Waals surface area contributed by atoms with E-state index in [4.69, 9.17) is 0 Å². The van der Waals surface area contributed by atoms with Crippen molar-refractivity contribution in [2.45, 2.75) is 31.2 Å². The van der Waals surface area contributed by atoms with E-state index in [-0.39, 0.29) is 11.3 Å². The Hall–Kier alpha value is -3.48. The first-order valence-electron chi connectivity index (χ1n) is 10.7. The van der Waals surface area contributed by atoms with E-state index in [0.717, 1.165) is 27.5 Å². The minimum atomic E-state index is -3.94. The number of aryl methyl sites for hydroxylation is 2. The number of rotatable bonds is 7. The third-order valence-corrected chi connectivity index (χ3v) is 7.05. The highest BCUT2D eigenvalue weighted by molar-refractivity contribution is 7.89. The maximum Gasteiger partial charge on any atom is 0.242 e. The molecule has 0 aliphatic heterocycles. The minimum absolute atomic E-state index is 0.124. The van der Waals surface area contributed by atoms with Crippen LogP contribution in [0.15, 0.2) is 95.9 Å². The smallest absolute Gasteiger partial charge is 0.242 e. The van der Waals surface area contributed by atoms with Gasteiger partial charge in [0, 0.05) is 5.69 Å². The molecule has 0 saturated carbocycles. The van der Waals surface area contributed by atoms with Crippen LogP contribution < -0.4 is 10.0 Å². The molecular formula is C27H26N2O3S. The third kappa shape index (κ3) is 5.48. The van der Waals surface area contributed by atoms with Crippen molar-refractivity contribution >= 4 is 32.4 Å². The van der Waals surface area contributed by atoms with Crippen molar-refractivity contribution in [3.05, 3.63) is 108 Å². The summed E-state index contributed by atoms with van der Waals surface area (Å²) in [6, 6.07) is 26.7. The van der Waals surface area contributed by atoms with Gasteiger partial charge in [-0.3, -0.25) is 4.79 Å². The Morgan fingerprint density at radius 3 is 2.27 bits per heavy atom. The zero-order valence-electron chi connectivity index (χ0n) is 18.6. The van der Waals surface area contributed by atoms with E-state index in [1.807, 2.05) is 86.6 Å². The van der Waals surface area contributed by atoms with E-state index < -0.39 is 22.0 Å². The summed E-state index contributed by atoms with van der Waals surface area (Å²) in [6.45, 7) is 3.85. The van der Waals surface area contributed by atoms with Gasteiger partial charge in [0.25, 0.3) is 0 Å². The molecule has 0 unspecified atom stereocenters. The molecule has 168 valence electrons. The Kier molecular flexibility index (Phi) is 6.58. The second-order valence-electron chi connectivity index (χ2n) is 8.18. The van der Waals surface area contributed by atoms with Gasteiger partial charge in [-0.15, -0.1) is 0 Å². The van der Waals surface area contributed by atoms with Crippen LogP contribution in [0.25, 0.3) is 10.8 Å². The molecule has 0 spiro atoms. The fraction of sp³-hybridized carbons (Fsp3) is 0.148. The Balaban J connectivity index is 1.64. The number of nitrogens with one attached hydrogen (secondary N) is 2. The molecule has 5 nitrogen and oxygen atoms in total. The van der Waals surface area contributed by atoms with E-state index in [9.17, 15) is 13.2 Å². The SMILES string of the molecule is Cc1ccc(C)c(NC(=O)[C@H](Cc2ccccc2)NS(=O)(=O)c2ccc3ccccc3c2)c1. The predicted molar refractivity (Wildman–Crippen MR) is 133 cm³/mol. The average Bonchev–Trinajstić information content (AvgIpc) is 2.81. The standard InChI is InChI=1S/C27H26N2O3S/c1-19-12-13-20(2)25(16-19)28-27(30)26(17-21-8-4-3-5-9-21)29-33(31,32)24-15-14-22-10-6-7-11-23(22)18-24/h3-16,18,26,29H,17H2,1-2H3,(H,28,30)/t26-/m0/s1. The Bertz CT molecular complexity index is 1400. The number of fused-ring (bicyclic) bond motifs is 1. The van der Waals surface area contributed by atoms with Crippen LogP contribution in [0.5, 0.6) is 0 Å². The molecule has 0 aliphatic carbocycles. The van der Waals surface area contributed by atoms with Crippen LogP contribution >= 0.6 is 0 Å². The minimum Gasteiger partial charge on any atom is -0.324 e. The average molecular weight is 459 g/mol. The summed E-state index contributed by atoms with van der Waals surface area (Å²) in [5.41, 5.74) is 3.44. The van der Waals surface area contributed by atoms with E-state index in [0.29, 0.717) is 5.69 Å². The highest BCUT2D eigenvalue weighted by Crippen LogP contribution is 2.21. The number of hydrogen-bond donors (Lipinski definition) is 2. The predicted octanol–water partition coefficient (Wildman–Crippen LogP) is 4.98. The molecule has 0 saturated heterocycles. The zero-order chi connectivity index (χ0) is 23.4. The van der Waals surface area contributed by atoms with Gasteiger partial charge >= 0.3 is 0 Å². The number of hydrogen-bond acceptors (Lipinski definition) is 3. The summed E-state index contributed by atoms with van der Waals surface area (Å²) in [7, 11) is -3.94. The fourth-order valence-electron chi connectivity index (χ4n) is 3.72. The molecule has 6 heteroatoms. The number of benzene rings is 4. The second kappa shape index (κ2) is 9.57. The Morgan fingerprint density at radius 2 is 1.52 bits per heavy atom. The number of amides is 1. The normalized spacial score (nSPS) is 12.4. The summed E-state index contributed by atoms with van der Waals surface area (Å²) in [6.07, 6.45) is 0.227. The lowest BCUT2D eigenvalue weighted by Crippen LogP contribution is -2.45. The van der Waals surface area contributed by atoms with Gasteiger partial charge in [0.1, 0.15) is 6.04 Å². The highest BCUT2D eigenvalue weighted by Gasteiger charge is 2.26. The summed E-state index contributed by atoms with van der Waals surface area (Å²) in [5.74, 6) is -0.406. The number of anilines is 1. The first-order valence-corrected chi connectivity index (χ1v) is 12.2. The van der Waals surface area contributed by atoms with E-state index in [2.05, 4.69) is 10.0 Å². The first kappa shape index (κ1) is 22.7. The summed E-state index contributed by atoms with van der Waals surface area (Å²) in [4.78, 5) is 13.4. The Morgan fingerprint density at radius 1 is 0.818 bits per heavy atom. The van der Waals surface area contributed by atoms with E-state index in [1.54, 1.807) is 18.2 Å². The Labute approximate surface area is 194 Å². The first-order chi connectivity index (χ1) is 15.8. The molecule has 0 aromatic heterocycles. The van der Waals surface area contributed by atoms with Crippen molar-refractivity contribution in [2.75, 3.05) is 5.32 Å². The van der Waals surface area contributed by atoms with Gasteiger partial charge in [0.05, 0.1) is 4.90 Å². The lowest BCUT2D eigenvalue weighted by molar-refractivity contribution is -0.117. The van der Waals surface area contributed by atoms with Gasteiger partial charge in [-0.25, -0.2) is 8.42 Å². The van der Waals surface area contributed by atoms with Crippen LogP contribution in [0.3, 0.4) is 0 Å².